The Balaban J connectivity index is 2.31. The molecule has 4 nitrogen and oxygen atoms in total. The predicted molar refractivity (Wildman–Crippen MR) is 72.0 cm³/mol. The van der Waals surface area contributed by atoms with Crippen LogP contribution in [0.4, 0.5) is 14.7 Å². The lowest BCUT2D eigenvalue weighted by Crippen LogP contribution is -2.03. The van der Waals surface area contributed by atoms with Gasteiger partial charge in [-0.1, -0.05) is 0 Å². The molecule has 0 fully saturated rings. The van der Waals surface area contributed by atoms with E-state index in [-0.39, 0.29) is 11.6 Å². The van der Waals surface area contributed by atoms with E-state index in [0.717, 1.165) is 6.07 Å². The first-order valence-corrected chi connectivity index (χ1v) is 5.87. The van der Waals surface area contributed by atoms with Crippen molar-refractivity contribution in [1.82, 2.24) is 9.55 Å². The molecule has 102 valence electrons. The summed E-state index contributed by atoms with van der Waals surface area (Å²) >= 11 is 0. The summed E-state index contributed by atoms with van der Waals surface area (Å²) in [4.78, 5) is 4.15. The molecule has 2 aromatic carbocycles. The molecule has 0 aliphatic heterocycles. The van der Waals surface area contributed by atoms with Crippen molar-refractivity contribution in [2.45, 2.75) is 0 Å². The number of benzene rings is 2. The van der Waals surface area contributed by atoms with Crippen LogP contribution < -0.4 is 10.5 Å². The summed E-state index contributed by atoms with van der Waals surface area (Å²) in [7, 11) is 1.53. The van der Waals surface area contributed by atoms with Crippen LogP contribution in [-0.4, -0.2) is 16.7 Å². The molecule has 0 radical (unpaired) electrons. The summed E-state index contributed by atoms with van der Waals surface area (Å²) in [6, 6.07) is 8.45. The number of nitrogens with two attached hydrogens (primary N) is 1. The molecule has 20 heavy (non-hydrogen) atoms. The van der Waals surface area contributed by atoms with Crippen LogP contribution in [0.1, 0.15) is 0 Å². The van der Waals surface area contributed by atoms with Crippen molar-refractivity contribution < 1.29 is 13.5 Å². The second-order valence-corrected chi connectivity index (χ2v) is 4.26. The van der Waals surface area contributed by atoms with Crippen LogP contribution in [0.3, 0.4) is 0 Å². The molecule has 6 heteroatoms. The summed E-state index contributed by atoms with van der Waals surface area (Å²) in [5.74, 6) is -0.634. The van der Waals surface area contributed by atoms with Gasteiger partial charge >= 0.3 is 0 Å². The summed E-state index contributed by atoms with van der Waals surface area (Å²) in [5, 5.41) is 0. The lowest BCUT2D eigenvalue weighted by atomic mass is 10.2. The van der Waals surface area contributed by atoms with Gasteiger partial charge in [0.05, 0.1) is 23.8 Å². The van der Waals surface area contributed by atoms with Crippen LogP contribution in [0.5, 0.6) is 5.75 Å². The van der Waals surface area contributed by atoms with Gasteiger partial charge in [-0.15, -0.1) is 0 Å². The normalized spacial score (nSPS) is 10.9. The third-order valence-corrected chi connectivity index (χ3v) is 3.04. The van der Waals surface area contributed by atoms with Crippen LogP contribution in [-0.2, 0) is 0 Å². The van der Waals surface area contributed by atoms with E-state index in [2.05, 4.69) is 4.98 Å². The third kappa shape index (κ3) is 1.85. The number of halogens is 2. The number of imidazole rings is 1. The molecule has 0 amide bonds. The Labute approximate surface area is 113 Å². The average molecular weight is 275 g/mol. The molecule has 0 unspecified atom stereocenters. The van der Waals surface area contributed by atoms with E-state index >= 15 is 0 Å². The Morgan fingerprint density at radius 1 is 1.15 bits per heavy atom. The van der Waals surface area contributed by atoms with Crippen molar-refractivity contribution in [3.05, 3.63) is 48.0 Å². The maximum atomic E-state index is 13.9. The number of nitrogen functional groups attached to an aromatic ring is 1. The molecule has 0 aliphatic rings. The van der Waals surface area contributed by atoms with Gasteiger partial charge < -0.3 is 10.5 Å². The maximum Gasteiger partial charge on any atom is 0.206 e. The summed E-state index contributed by atoms with van der Waals surface area (Å²) in [6.07, 6.45) is 0. The summed E-state index contributed by atoms with van der Waals surface area (Å²) in [5.41, 5.74) is 7.17. The second-order valence-electron chi connectivity index (χ2n) is 4.26. The van der Waals surface area contributed by atoms with E-state index in [9.17, 15) is 8.78 Å². The zero-order valence-electron chi connectivity index (χ0n) is 10.6. The molecule has 0 atom stereocenters. The van der Waals surface area contributed by atoms with E-state index in [1.54, 1.807) is 18.2 Å². The van der Waals surface area contributed by atoms with Crippen LogP contribution >= 0.6 is 0 Å². The lowest BCUT2D eigenvalue weighted by molar-refractivity contribution is 0.415. The van der Waals surface area contributed by atoms with Gasteiger partial charge in [-0.3, -0.25) is 4.57 Å². The minimum absolute atomic E-state index is 0.124. The van der Waals surface area contributed by atoms with Gasteiger partial charge in [-0.25, -0.2) is 13.8 Å². The minimum atomic E-state index is -0.709. The number of fused-ring (bicyclic) bond motifs is 1. The quantitative estimate of drug-likeness (QED) is 0.782. The minimum Gasteiger partial charge on any atom is -0.497 e. The Kier molecular flexibility index (Phi) is 2.78. The second kappa shape index (κ2) is 4.48. The van der Waals surface area contributed by atoms with Gasteiger partial charge in [0.25, 0.3) is 0 Å². The highest BCUT2D eigenvalue weighted by atomic mass is 19.1. The number of rotatable bonds is 2. The molecule has 0 spiro atoms. The van der Waals surface area contributed by atoms with E-state index in [4.69, 9.17) is 10.5 Å². The SMILES string of the molecule is COc1ccc2nc(N)n(-c3ccc(F)cc3F)c2c1. The molecule has 3 rings (SSSR count). The number of methoxy groups -OCH3 is 1. The predicted octanol–water partition coefficient (Wildman–Crippen LogP) is 2.89. The Bertz CT molecular complexity index is 798. The topological polar surface area (TPSA) is 53.1 Å². The largest absolute Gasteiger partial charge is 0.497 e. The highest BCUT2D eigenvalue weighted by Gasteiger charge is 2.14. The summed E-state index contributed by atoms with van der Waals surface area (Å²) < 4.78 is 33.5. The van der Waals surface area contributed by atoms with Crippen LogP contribution in [0.15, 0.2) is 36.4 Å². The molecule has 1 aromatic heterocycles. The molecular formula is C14H11F2N3O. The first kappa shape index (κ1) is 12.4. The number of hydrogen-bond acceptors (Lipinski definition) is 3. The highest BCUT2D eigenvalue weighted by molar-refractivity contribution is 5.82. The number of ether oxygens (including phenoxy) is 1. The maximum absolute atomic E-state index is 13.9. The van der Waals surface area contributed by atoms with Crippen molar-refractivity contribution in [3.8, 4) is 11.4 Å². The monoisotopic (exact) mass is 275 g/mol. The van der Waals surface area contributed by atoms with E-state index in [0.29, 0.717) is 16.8 Å². The fraction of sp³-hybridized carbons (Fsp3) is 0.0714. The molecule has 0 aliphatic carbocycles. The number of hydrogen-bond donors (Lipinski definition) is 1. The Morgan fingerprint density at radius 2 is 1.95 bits per heavy atom. The zero-order valence-corrected chi connectivity index (χ0v) is 10.6. The molecule has 0 saturated carbocycles. The van der Waals surface area contributed by atoms with Gasteiger partial charge in [0.2, 0.25) is 5.95 Å². The van der Waals surface area contributed by atoms with Gasteiger partial charge in [-0.2, -0.15) is 0 Å². The van der Waals surface area contributed by atoms with Crippen molar-refractivity contribution in [3.63, 3.8) is 0 Å². The van der Waals surface area contributed by atoms with Gasteiger partial charge in [0.1, 0.15) is 17.4 Å². The van der Waals surface area contributed by atoms with Gasteiger partial charge in [0.15, 0.2) is 0 Å². The highest BCUT2D eigenvalue weighted by Crippen LogP contribution is 2.27. The number of anilines is 1. The van der Waals surface area contributed by atoms with E-state index < -0.39 is 11.6 Å². The molecule has 0 saturated heterocycles. The first-order valence-electron chi connectivity index (χ1n) is 5.87. The molecule has 3 aromatic rings. The Hall–Kier alpha value is -2.63. The average Bonchev–Trinajstić information content (AvgIpc) is 2.74. The number of aromatic nitrogens is 2. The Morgan fingerprint density at radius 3 is 2.65 bits per heavy atom. The van der Waals surface area contributed by atoms with Crippen LogP contribution in [0, 0.1) is 11.6 Å². The smallest absolute Gasteiger partial charge is 0.206 e. The lowest BCUT2D eigenvalue weighted by Gasteiger charge is -2.08. The van der Waals surface area contributed by atoms with Gasteiger partial charge in [-0.05, 0) is 24.3 Å². The van der Waals surface area contributed by atoms with Crippen molar-refractivity contribution >= 4 is 17.0 Å². The van der Waals surface area contributed by atoms with E-state index in [1.165, 1.54) is 23.8 Å². The molecular weight excluding hydrogens is 264 g/mol. The third-order valence-electron chi connectivity index (χ3n) is 3.04. The standard InChI is InChI=1S/C14H11F2N3O/c1-20-9-3-4-11-13(7-9)19(14(17)18-11)12-5-2-8(15)6-10(12)16/h2-7H,1H3,(H2,17,18). The molecule has 1 heterocycles. The molecule has 0 bridgehead atoms. The number of nitrogens with zero attached hydrogens (tertiary/aromatic N) is 2. The van der Waals surface area contributed by atoms with Crippen LogP contribution in [0.25, 0.3) is 16.7 Å². The first-order chi connectivity index (χ1) is 9.60. The fourth-order valence-electron chi connectivity index (χ4n) is 2.12. The zero-order chi connectivity index (χ0) is 14.3. The fourth-order valence-corrected chi connectivity index (χ4v) is 2.12. The van der Waals surface area contributed by atoms with E-state index in [1.807, 2.05) is 0 Å². The summed E-state index contributed by atoms with van der Waals surface area (Å²) in [6.45, 7) is 0. The van der Waals surface area contributed by atoms with Crippen molar-refractivity contribution in [1.29, 1.82) is 0 Å². The molecule has 2 N–H and O–H groups in total. The van der Waals surface area contributed by atoms with Gasteiger partial charge in [0, 0.05) is 12.1 Å². The van der Waals surface area contributed by atoms with Crippen LogP contribution in [0.2, 0.25) is 0 Å². The van der Waals surface area contributed by atoms with Crippen molar-refractivity contribution in [2.24, 2.45) is 0 Å². The van der Waals surface area contributed by atoms with Crippen molar-refractivity contribution in [2.75, 3.05) is 12.8 Å².